The number of phenolic OH excluding ortho intramolecular Hbond substituents is 1. The predicted octanol–water partition coefficient (Wildman–Crippen LogP) is 3.31. The van der Waals surface area contributed by atoms with Crippen molar-refractivity contribution in [2.45, 2.75) is 6.92 Å². The first-order valence-electron chi connectivity index (χ1n) is 5.22. The number of ether oxygens (including phenoxy) is 1. The van der Waals surface area contributed by atoms with Crippen molar-refractivity contribution < 1.29 is 14.6 Å². The Morgan fingerprint density at radius 3 is 2.41 bits per heavy atom. The van der Waals surface area contributed by atoms with Gasteiger partial charge in [-0.1, -0.05) is 17.7 Å². The summed E-state index contributed by atoms with van der Waals surface area (Å²) < 4.78 is 5.50. The van der Waals surface area contributed by atoms with Gasteiger partial charge in [0.15, 0.2) is 11.5 Å². The number of carbonyl (C=O) groups excluding carboxylic acids is 1. The number of hydrogen-bond acceptors (Lipinski definition) is 3. The first-order chi connectivity index (χ1) is 8.19. The Labute approximate surface area is 99.3 Å². The van der Waals surface area contributed by atoms with E-state index < -0.39 is 0 Å². The summed E-state index contributed by atoms with van der Waals surface area (Å²) in [6.07, 6.45) is 0.676. The maximum atomic E-state index is 10.5. The topological polar surface area (TPSA) is 46.5 Å². The summed E-state index contributed by atoms with van der Waals surface area (Å²) in [5, 5.41) is 9.65. The monoisotopic (exact) mass is 228 g/mol. The molecule has 0 spiro atoms. The smallest absolute Gasteiger partial charge is 0.169 e. The molecule has 0 fully saturated rings. The molecule has 0 aromatic heterocycles. The van der Waals surface area contributed by atoms with Crippen LogP contribution in [0.25, 0.3) is 0 Å². The van der Waals surface area contributed by atoms with Gasteiger partial charge in [-0.3, -0.25) is 4.79 Å². The fraction of sp³-hybridized carbons (Fsp3) is 0.0714. The van der Waals surface area contributed by atoms with Crippen molar-refractivity contribution in [2.24, 2.45) is 0 Å². The first kappa shape index (κ1) is 11.2. The number of carbonyl (C=O) groups is 1. The number of benzene rings is 2. The van der Waals surface area contributed by atoms with Gasteiger partial charge in [-0.05, 0) is 37.3 Å². The van der Waals surface area contributed by atoms with Crippen molar-refractivity contribution in [3.8, 4) is 17.2 Å². The second kappa shape index (κ2) is 4.70. The van der Waals surface area contributed by atoms with Gasteiger partial charge in [-0.25, -0.2) is 0 Å². The van der Waals surface area contributed by atoms with Crippen LogP contribution in [0.5, 0.6) is 17.2 Å². The molecule has 0 bridgehead atoms. The number of aromatic hydroxyl groups is 1. The molecule has 0 saturated heterocycles. The lowest BCUT2D eigenvalue weighted by molar-refractivity contribution is 0.112. The number of aldehydes is 1. The second-order valence-corrected chi connectivity index (χ2v) is 3.76. The number of aryl methyl sites for hydroxylation is 1. The number of phenols is 1. The molecule has 2 rings (SSSR count). The molecule has 1 N–H and O–H groups in total. The zero-order chi connectivity index (χ0) is 12.3. The summed E-state index contributed by atoms with van der Waals surface area (Å²) in [7, 11) is 0. The van der Waals surface area contributed by atoms with E-state index in [0.717, 1.165) is 5.56 Å². The minimum absolute atomic E-state index is 0.0461. The fourth-order valence-corrected chi connectivity index (χ4v) is 1.43. The third kappa shape index (κ3) is 2.64. The van der Waals surface area contributed by atoms with E-state index in [0.29, 0.717) is 23.3 Å². The van der Waals surface area contributed by atoms with E-state index in [-0.39, 0.29) is 5.75 Å². The lowest BCUT2D eigenvalue weighted by Gasteiger charge is -2.07. The molecule has 86 valence electrons. The van der Waals surface area contributed by atoms with Crippen LogP contribution in [0, 0.1) is 6.92 Å². The number of rotatable bonds is 3. The third-order valence-electron chi connectivity index (χ3n) is 2.37. The Balaban J connectivity index is 2.24. The van der Waals surface area contributed by atoms with E-state index in [1.54, 1.807) is 12.1 Å². The largest absolute Gasteiger partial charge is 0.504 e. The lowest BCUT2D eigenvalue weighted by Crippen LogP contribution is -1.87. The molecule has 0 atom stereocenters. The van der Waals surface area contributed by atoms with Crippen molar-refractivity contribution in [3.05, 3.63) is 53.6 Å². The molecule has 3 nitrogen and oxygen atoms in total. The van der Waals surface area contributed by atoms with Gasteiger partial charge >= 0.3 is 0 Å². The predicted molar refractivity (Wildman–Crippen MR) is 64.7 cm³/mol. The van der Waals surface area contributed by atoms with Gasteiger partial charge in [-0.2, -0.15) is 0 Å². The summed E-state index contributed by atoms with van der Waals surface area (Å²) in [5.41, 5.74) is 1.55. The van der Waals surface area contributed by atoms with Gasteiger partial charge < -0.3 is 9.84 Å². The molecule has 0 aliphatic heterocycles. The van der Waals surface area contributed by atoms with Crippen LogP contribution in [-0.2, 0) is 0 Å². The van der Waals surface area contributed by atoms with Crippen LogP contribution in [0.4, 0.5) is 0 Å². The fourth-order valence-electron chi connectivity index (χ4n) is 1.43. The normalized spacial score (nSPS) is 9.94. The Morgan fingerprint density at radius 2 is 1.82 bits per heavy atom. The SMILES string of the molecule is Cc1ccc(Oc2ccc(C=O)cc2O)cc1. The Hall–Kier alpha value is -2.29. The molecule has 2 aromatic rings. The Kier molecular flexibility index (Phi) is 3.10. The van der Waals surface area contributed by atoms with Crippen LogP contribution in [0.15, 0.2) is 42.5 Å². The molecule has 0 amide bonds. The van der Waals surface area contributed by atoms with Crippen LogP contribution in [0.3, 0.4) is 0 Å². The summed E-state index contributed by atoms with van der Waals surface area (Å²) in [4.78, 5) is 10.5. The Morgan fingerprint density at radius 1 is 1.12 bits per heavy atom. The molecule has 2 aromatic carbocycles. The minimum Gasteiger partial charge on any atom is -0.504 e. The average Bonchev–Trinajstić information content (AvgIpc) is 2.34. The van der Waals surface area contributed by atoms with Crippen LogP contribution >= 0.6 is 0 Å². The number of hydrogen-bond donors (Lipinski definition) is 1. The van der Waals surface area contributed by atoms with Gasteiger partial charge in [0.05, 0.1) is 0 Å². The van der Waals surface area contributed by atoms with E-state index in [4.69, 9.17) is 4.74 Å². The molecule has 17 heavy (non-hydrogen) atoms. The van der Waals surface area contributed by atoms with Crippen molar-refractivity contribution >= 4 is 6.29 Å². The van der Waals surface area contributed by atoms with Crippen molar-refractivity contribution in [2.75, 3.05) is 0 Å². The van der Waals surface area contributed by atoms with Gasteiger partial charge in [0, 0.05) is 5.56 Å². The van der Waals surface area contributed by atoms with E-state index in [1.807, 2.05) is 31.2 Å². The highest BCUT2D eigenvalue weighted by molar-refractivity contribution is 5.76. The van der Waals surface area contributed by atoms with Gasteiger partial charge in [-0.15, -0.1) is 0 Å². The molecule has 0 aliphatic rings. The summed E-state index contributed by atoms with van der Waals surface area (Å²) in [6.45, 7) is 1.99. The van der Waals surface area contributed by atoms with E-state index in [9.17, 15) is 9.90 Å². The molecule has 0 saturated carbocycles. The molecule has 0 aliphatic carbocycles. The summed E-state index contributed by atoms with van der Waals surface area (Å²) in [6, 6.07) is 12.0. The van der Waals surface area contributed by atoms with Crippen molar-refractivity contribution in [1.29, 1.82) is 0 Å². The highest BCUT2D eigenvalue weighted by Crippen LogP contribution is 2.30. The first-order valence-corrected chi connectivity index (χ1v) is 5.22. The Bertz CT molecular complexity index is 530. The molecule has 0 radical (unpaired) electrons. The van der Waals surface area contributed by atoms with Crippen LogP contribution in [0.2, 0.25) is 0 Å². The molecule has 0 heterocycles. The van der Waals surface area contributed by atoms with E-state index in [1.165, 1.54) is 6.07 Å². The van der Waals surface area contributed by atoms with E-state index >= 15 is 0 Å². The maximum absolute atomic E-state index is 10.5. The quantitative estimate of drug-likeness (QED) is 0.820. The summed E-state index contributed by atoms with van der Waals surface area (Å²) in [5.74, 6) is 0.930. The van der Waals surface area contributed by atoms with Crippen molar-refractivity contribution in [3.63, 3.8) is 0 Å². The second-order valence-electron chi connectivity index (χ2n) is 3.76. The lowest BCUT2D eigenvalue weighted by atomic mass is 10.2. The molecular weight excluding hydrogens is 216 g/mol. The zero-order valence-electron chi connectivity index (χ0n) is 9.38. The highest BCUT2D eigenvalue weighted by Gasteiger charge is 2.04. The van der Waals surface area contributed by atoms with Crippen LogP contribution in [0.1, 0.15) is 15.9 Å². The van der Waals surface area contributed by atoms with Gasteiger partial charge in [0.25, 0.3) is 0 Å². The third-order valence-corrected chi connectivity index (χ3v) is 2.37. The van der Waals surface area contributed by atoms with Crippen molar-refractivity contribution in [1.82, 2.24) is 0 Å². The molecular formula is C14H12O3. The van der Waals surface area contributed by atoms with Crippen LogP contribution < -0.4 is 4.74 Å². The average molecular weight is 228 g/mol. The zero-order valence-corrected chi connectivity index (χ0v) is 9.38. The minimum atomic E-state index is -0.0461. The maximum Gasteiger partial charge on any atom is 0.169 e. The highest BCUT2D eigenvalue weighted by atomic mass is 16.5. The standard InChI is InChI=1S/C14H12O3/c1-10-2-5-12(6-3-10)17-14-7-4-11(9-15)8-13(14)16/h2-9,16H,1H3. The van der Waals surface area contributed by atoms with Crippen LogP contribution in [-0.4, -0.2) is 11.4 Å². The van der Waals surface area contributed by atoms with E-state index in [2.05, 4.69) is 0 Å². The van der Waals surface area contributed by atoms with Gasteiger partial charge in [0.1, 0.15) is 12.0 Å². The molecule has 0 unspecified atom stereocenters. The molecule has 3 heteroatoms. The summed E-state index contributed by atoms with van der Waals surface area (Å²) >= 11 is 0. The van der Waals surface area contributed by atoms with Gasteiger partial charge in [0.2, 0.25) is 0 Å².